The summed E-state index contributed by atoms with van der Waals surface area (Å²) in [6.07, 6.45) is 6.41. The molecular formula is C21H23ClFN5. The van der Waals surface area contributed by atoms with Crippen LogP contribution < -0.4 is 4.90 Å². The first-order chi connectivity index (χ1) is 13.6. The van der Waals surface area contributed by atoms with Gasteiger partial charge in [-0.1, -0.05) is 23.7 Å². The first kappa shape index (κ1) is 17.9. The van der Waals surface area contributed by atoms with E-state index in [0.29, 0.717) is 22.5 Å². The maximum atomic E-state index is 13.2. The zero-order chi connectivity index (χ0) is 19.3. The van der Waals surface area contributed by atoms with E-state index in [4.69, 9.17) is 11.6 Å². The van der Waals surface area contributed by atoms with Gasteiger partial charge in [-0.15, -0.1) is 10.2 Å². The Bertz CT molecular complexity index is 998. The summed E-state index contributed by atoms with van der Waals surface area (Å²) in [5.74, 6) is 2.46. The zero-order valence-electron chi connectivity index (χ0n) is 15.9. The first-order valence-electron chi connectivity index (χ1n) is 10.0. The van der Waals surface area contributed by atoms with Crippen LogP contribution in [0.25, 0.3) is 5.65 Å². The van der Waals surface area contributed by atoms with Gasteiger partial charge in [-0.3, -0.25) is 0 Å². The van der Waals surface area contributed by atoms with E-state index >= 15 is 0 Å². The Hall–Kier alpha value is -2.21. The smallest absolute Gasteiger partial charge is 0.198 e. The lowest BCUT2D eigenvalue weighted by Gasteiger charge is -2.24. The number of nitrogens with zero attached hydrogens (tertiary/aromatic N) is 5. The van der Waals surface area contributed by atoms with Gasteiger partial charge in [0.2, 0.25) is 0 Å². The third-order valence-corrected chi connectivity index (χ3v) is 6.35. The van der Waals surface area contributed by atoms with Gasteiger partial charge in [-0.25, -0.2) is 4.39 Å². The molecule has 2 atom stereocenters. The van der Waals surface area contributed by atoms with Gasteiger partial charge < -0.3 is 4.90 Å². The number of hydrogen-bond acceptors (Lipinski definition) is 4. The second-order valence-corrected chi connectivity index (χ2v) is 8.41. The molecule has 2 aliphatic rings. The van der Waals surface area contributed by atoms with E-state index < -0.39 is 0 Å². The summed E-state index contributed by atoms with van der Waals surface area (Å²) in [6.45, 7) is 3.87. The third kappa shape index (κ3) is 3.34. The minimum Gasteiger partial charge on any atom is -0.369 e. The fourth-order valence-corrected chi connectivity index (χ4v) is 4.32. The molecule has 3 aromatic rings. The van der Waals surface area contributed by atoms with Gasteiger partial charge in [0, 0.05) is 19.5 Å². The van der Waals surface area contributed by atoms with E-state index in [1.165, 1.54) is 18.4 Å². The van der Waals surface area contributed by atoms with Crippen LogP contribution in [0.2, 0.25) is 5.02 Å². The van der Waals surface area contributed by atoms with Crippen LogP contribution in [0.1, 0.15) is 43.5 Å². The predicted molar refractivity (Wildman–Crippen MR) is 107 cm³/mol. The average Bonchev–Trinajstić information content (AvgIpc) is 3.61. The minimum atomic E-state index is -0.184. The van der Waals surface area contributed by atoms with Crippen LogP contribution >= 0.6 is 11.6 Å². The molecule has 146 valence electrons. The fourth-order valence-electron chi connectivity index (χ4n) is 4.03. The number of anilines is 1. The SMILES string of the molecule is CCN(CC1CC1c1ccc(F)cc1)c1cnn2c(CC3CC3)nnc2c1Cl. The highest BCUT2D eigenvalue weighted by Gasteiger charge is 2.39. The zero-order valence-corrected chi connectivity index (χ0v) is 16.6. The molecule has 0 radical (unpaired) electrons. The van der Waals surface area contributed by atoms with Crippen molar-refractivity contribution >= 4 is 22.9 Å². The van der Waals surface area contributed by atoms with Crippen LogP contribution in [-0.4, -0.2) is 32.9 Å². The Morgan fingerprint density at radius 1 is 1.21 bits per heavy atom. The molecule has 0 spiro atoms. The number of rotatable bonds is 7. The topological polar surface area (TPSA) is 46.3 Å². The van der Waals surface area contributed by atoms with Crippen LogP contribution in [0.3, 0.4) is 0 Å². The lowest BCUT2D eigenvalue weighted by molar-refractivity contribution is 0.626. The van der Waals surface area contributed by atoms with Crippen molar-refractivity contribution < 1.29 is 4.39 Å². The summed E-state index contributed by atoms with van der Waals surface area (Å²) < 4.78 is 14.9. The second kappa shape index (κ2) is 6.99. The summed E-state index contributed by atoms with van der Waals surface area (Å²) in [6, 6.07) is 6.88. The van der Waals surface area contributed by atoms with Gasteiger partial charge >= 0.3 is 0 Å². The van der Waals surface area contributed by atoms with Crippen molar-refractivity contribution in [1.29, 1.82) is 0 Å². The molecule has 7 heteroatoms. The summed E-state index contributed by atoms with van der Waals surface area (Å²) in [7, 11) is 0. The van der Waals surface area contributed by atoms with Gasteiger partial charge in [-0.05, 0) is 61.6 Å². The Morgan fingerprint density at radius 2 is 2.00 bits per heavy atom. The largest absolute Gasteiger partial charge is 0.369 e. The van der Waals surface area contributed by atoms with Gasteiger partial charge in [-0.2, -0.15) is 9.61 Å². The van der Waals surface area contributed by atoms with E-state index in [0.717, 1.165) is 43.4 Å². The van der Waals surface area contributed by atoms with E-state index in [1.807, 2.05) is 18.3 Å². The van der Waals surface area contributed by atoms with Crippen molar-refractivity contribution in [3.8, 4) is 0 Å². The lowest BCUT2D eigenvalue weighted by atomic mass is 10.1. The molecule has 2 saturated carbocycles. The molecule has 2 aromatic heterocycles. The van der Waals surface area contributed by atoms with E-state index in [-0.39, 0.29) is 5.82 Å². The van der Waals surface area contributed by atoms with Crippen molar-refractivity contribution in [2.75, 3.05) is 18.0 Å². The monoisotopic (exact) mass is 399 g/mol. The summed E-state index contributed by atoms with van der Waals surface area (Å²) in [4.78, 5) is 2.26. The molecule has 5 rings (SSSR count). The predicted octanol–water partition coefficient (Wildman–Crippen LogP) is 4.50. The van der Waals surface area contributed by atoms with Crippen LogP contribution in [0.5, 0.6) is 0 Å². The third-order valence-electron chi connectivity index (χ3n) is 5.99. The molecule has 1 aromatic carbocycles. The number of benzene rings is 1. The van der Waals surface area contributed by atoms with Crippen molar-refractivity contribution in [3.63, 3.8) is 0 Å². The van der Waals surface area contributed by atoms with Gasteiger partial charge in [0.1, 0.15) is 10.8 Å². The molecule has 2 fully saturated rings. The molecule has 0 saturated heterocycles. The van der Waals surface area contributed by atoms with Crippen molar-refractivity contribution in [1.82, 2.24) is 19.8 Å². The molecule has 28 heavy (non-hydrogen) atoms. The normalized spacial score (nSPS) is 21.2. The minimum absolute atomic E-state index is 0.184. The van der Waals surface area contributed by atoms with Crippen molar-refractivity contribution in [2.24, 2.45) is 11.8 Å². The highest BCUT2D eigenvalue weighted by molar-refractivity contribution is 6.36. The maximum absolute atomic E-state index is 13.2. The number of fused-ring (bicyclic) bond motifs is 1. The molecule has 0 aliphatic heterocycles. The maximum Gasteiger partial charge on any atom is 0.198 e. The standard InChI is InChI=1S/C21H23ClFN5/c1-2-27(12-15-10-17(15)14-5-7-16(23)8-6-14)18-11-24-28-19(9-13-3-4-13)25-26-21(28)20(18)22/h5-8,11,13,15,17H,2-4,9-10,12H2,1H3. The van der Waals surface area contributed by atoms with Crippen LogP contribution in [0.4, 0.5) is 10.1 Å². The molecule has 0 N–H and O–H groups in total. The Labute approximate surface area is 168 Å². The molecule has 2 heterocycles. The summed E-state index contributed by atoms with van der Waals surface area (Å²) in [5.41, 5.74) is 2.76. The highest BCUT2D eigenvalue weighted by atomic mass is 35.5. The highest BCUT2D eigenvalue weighted by Crippen LogP contribution is 2.48. The molecule has 5 nitrogen and oxygen atoms in total. The molecule has 0 bridgehead atoms. The molecule has 2 unspecified atom stereocenters. The number of hydrogen-bond donors (Lipinski definition) is 0. The first-order valence-corrected chi connectivity index (χ1v) is 10.4. The van der Waals surface area contributed by atoms with Crippen LogP contribution in [0.15, 0.2) is 30.5 Å². The molecular weight excluding hydrogens is 377 g/mol. The number of halogens is 2. The Balaban J connectivity index is 1.34. The van der Waals surface area contributed by atoms with Gasteiger partial charge in [0.05, 0.1) is 11.9 Å². The Kier molecular flexibility index (Phi) is 4.46. The van der Waals surface area contributed by atoms with E-state index in [1.54, 1.807) is 16.6 Å². The van der Waals surface area contributed by atoms with E-state index in [9.17, 15) is 4.39 Å². The van der Waals surface area contributed by atoms with Crippen molar-refractivity contribution in [2.45, 2.75) is 38.5 Å². The molecule has 2 aliphatic carbocycles. The van der Waals surface area contributed by atoms with Crippen LogP contribution in [0, 0.1) is 17.7 Å². The fraction of sp³-hybridized carbons (Fsp3) is 0.476. The molecule has 0 amide bonds. The summed E-state index contributed by atoms with van der Waals surface area (Å²) >= 11 is 6.71. The van der Waals surface area contributed by atoms with Gasteiger partial charge in [0.25, 0.3) is 0 Å². The van der Waals surface area contributed by atoms with Crippen LogP contribution in [-0.2, 0) is 6.42 Å². The second-order valence-electron chi connectivity index (χ2n) is 8.04. The lowest BCUT2D eigenvalue weighted by Crippen LogP contribution is -2.26. The summed E-state index contributed by atoms with van der Waals surface area (Å²) in [5, 5.41) is 13.8. The average molecular weight is 400 g/mol. The van der Waals surface area contributed by atoms with E-state index in [2.05, 4.69) is 27.1 Å². The van der Waals surface area contributed by atoms with Gasteiger partial charge in [0.15, 0.2) is 11.5 Å². The quantitative estimate of drug-likeness (QED) is 0.586. The number of aromatic nitrogens is 4. The Morgan fingerprint density at radius 3 is 2.71 bits per heavy atom. The van der Waals surface area contributed by atoms with Crippen molar-refractivity contribution in [3.05, 3.63) is 52.7 Å².